The van der Waals surface area contributed by atoms with Gasteiger partial charge in [0, 0.05) is 16.7 Å². The van der Waals surface area contributed by atoms with Crippen molar-refractivity contribution in [2.75, 3.05) is 7.11 Å². The number of ether oxygens (including phenoxy) is 1. The highest BCUT2D eigenvalue weighted by Crippen LogP contribution is 2.31. The van der Waals surface area contributed by atoms with Crippen molar-refractivity contribution >= 4 is 33.7 Å². The fraction of sp³-hybridized carbons (Fsp3) is 0.120. The molecule has 5 aromatic rings. The molecule has 0 spiro atoms. The number of hydrogen-bond donors (Lipinski definition) is 1. The van der Waals surface area contributed by atoms with Crippen LogP contribution < -0.4 is 10.3 Å². The van der Waals surface area contributed by atoms with Gasteiger partial charge in [-0.05, 0) is 48.0 Å². The number of thioether (sulfide) groups is 1. The molecular formula is C25H18F3N3O2S. The first-order valence-electron chi connectivity index (χ1n) is 10.3. The highest BCUT2D eigenvalue weighted by Gasteiger charge is 2.30. The normalized spacial score (nSPS) is 11.9. The Morgan fingerprint density at radius 3 is 2.38 bits per heavy atom. The number of para-hydroxylation sites is 1. The molecule has 0 amide bonds. The summed E-state index contributed by atoms with van der Waals surface area (Å²) in [4.78, 5) is 21.5. The number of alkyl halides is 3. The van der Waals surface area contributed by atoms with Crippen LogP contribution >= 0.6 is 11.8 Å². The van der Waals surface area contributed by atoms with E-state index in [9.17, 15) is 18.0 Å². The summed E-state index contributed by atoms with van der Waals surface area (Å²) in [5.41, 5.74) is 2.07. The lowest BCUT2D eigenvalue weighted by Gasteiger charge is -2.13. The number of fused-ring (bicyclic) bond motifs is 3. The summed E-state index contributed by atoms with van der Waals surface area (Å²) in [6.45, 7) is 0. The number of hydrogen-bond acceptors (Lipinski definition) is 4. The molecule has 0 saturated heterocycles. The zero-order valence-electron chi connectivity index (χ0n) is 17.9. The third kappa shape index (κ3) is 4.03. The van der Waals surface area contributed by atoms with Crippen LogP contribution in [0.15, 0.2) is 82.7 Å². The first kappa shape index (κ1) is 22.1. The molecule has 5 rings (SSSR count). The van der Waals surface area contributed by atoms with E-state index in [1.54, 1.807) is 31.4 Å². The van der Waals surface area contributed by atoms with Crippen LogP contribution in [0.1, 0.15) is 11.1 Å². The van der Waals surface area contributed by atoms with Crippen molar-refractivity contribution in [3.05, 3.63) is 94.3 Å². The summed E-state index contributed by atoms with van der Waals surface area (Å²) in [6, 6.07) is 19.5. The average Bonchev–Trinajstić information content (AvgIpc) is 3.22. The zero-order chi connectivity index (χ0) is 23.9. The van der Waals surface area contributed by atoms with Crippen molar-refractivity contribution in [3.63, 3.8) is 0 Å². The van der Waals surface area contributed by atoms with Crippen LogP contribution in [0.25, 0.3) is 27.6 Å². The van der Waals surface area contributed by atoms with Gasteiger partial charge in [-0.2, -0.15) is 13.2 Å². The summed E-state index contributed by atoms with van der Waals surface area (Å²) < 4.78 is 45.4. The Balaban J connectivity index is 1.60. The summed E-state index contributed by atoms with van der Waals surface area (Å²) in [5.74, 6) is 0.990. The van der Waals surface area contributed by atoms with E-state index in [2.05, 4.69) is 4.98 Å². The molecule has 9 heteroatoms. The zero-order valence-corrected chi connectivity index (χ0v) is 18.7. The second-order valence-electron chi connectivity index (χ2n) is 7.61. The third-order valence-corrected chi connectivity index (χ3v) is 6.48. The molecule has 34 heavy (non-hydrogen) atoms. The maximum Gasteiger partial charge on any atom is 0.416 e. The predicted molar refractivity (Wildman–Crippen MR) is 127 cm³/mol. The van der Waals surface area contributed by atoms with Gasteiger partial charge in [-0.1, -0.05) is 42.1 Å². The van der Waals surface area contributed by atoms with Crippen molar-refractivity contribution < 1.29 is 17.9 Å². The van der Waals surface area contributed by atoms with E-state index in [1.807, 2.05) is 24.3 Å². The molecule has 0 aliphatic rings. The van der Waals surface area contributed by atoms with Crippen molar-refractivity contribution in [3.8, 4) is 11.4 Å². The van der Waals surface area contributed by atoms with Gasteiger partial charge >= 0.3 is 6.18 Å². The Morgan fingerprint density at radius 1 is 1.00 bits per heavy atom. The second kappa shape index (κ2) is 8.57. The van der Waals surface area contributed by atoms with Crippen LogP contribution in [-0.2, 0) is 11.9 Å². The topological polar surface area (TPSA) is 59.9 Å². The van der Waals surface area contributed by atoms with Gasteiger partial charge in [-0.3, -0.25) is 9.36 Å². The minimum absolute atomic E-state index is 0.263. The highest BCUT2D eigenvalue weighted by atomic mass is 32.2. The van der Waals surface area contributed by atoms with Gasteiger partial charge in [-0.25, -0.2) is 4.98 Å². The minimum atomic E-state index is -4.39. The fourth-order valence-electron chi connectivity index (χ4n) is 3.74. The van der Waals surface area contributed by atoms with E-state index >= 15 is 0 Å². The molecule has 2 aromatic heterocycles. The molecule has 0 radical (unpaired) electrons. The lowest BCUT2D eigenvalue weighted by atomic mass is 10.1. The van der Waals surface area contributed by atoms with Gasteiger partial charge in [0.2, 0.25) is 0 Å². The third-order valence-electron chi connectivity index (χ3n) is 5.47. The summed E-state index contributed by atoms with van der Waals surface area (Å²) in [5, 5.41) is 1.26. The van der Waals surface area contributed by atoms with Crippen molar-refractivity contribution in [2.24, 2.45) is 0 Å². The Kier molecular flexibility index (Phi) is 5.57. The van der Waals surface area contributed by atoms with Crippen LogP contribution in [0, 0.1) is 0 Å². The van der Waals surface area contributed by atoms with Crippen LogP contribution in [0.5, 0.6) is 5.75 Å². The lowest BCUT2D eigenvalue weighted by molar-refractivity contribution is -0.137. The number of benzene rings is 3. The maximum absolute atomic E-state index is 13.6. The number of methoxy groups -OCH3 is 1. The van der Waals surface area contributed by atoms with Gasteiger partial charge in [0.05, 0.1) is 18.4 Å². The molecule has 0 saturated carbocycles. The van der Waals surface area contributed by atoms with E-state index < -0.39 is 11.7 Å². The van der Waals surface area contributed by atoms with E-state index in [4.69, 9.17) is 9.72 Å². The molecule has 0 aliphatic carbocycles. The summed E-state index contributed by atoms with van der Waals surface area (Å²) in [7, 11) is 1.56. The van der Waals surface area contributed by atoms with Crippen molar-refractivity contribution in [1.82, 2.24) is 14.5 Å². The quantitative estimate of drug-likeness (QED) is 0.240. The molecule has 172 valence electrons. The molecule has 1 N–H and O–H groups in total. The number of aromatic nitrogens is 3. The molecule has 0 atom stereocenters. The molecular weight excluding hydrogens is 463 g/mol. The van der Waals surface area contributed by atoms with Crippen LogP contribution in [0.4, 0.5) is 13.2 Å². The SMILES string of the molecule is COc1ccc(-n2c(SCc3ccc(C(F)(F)F)cc3)nc3c([nH]c4ccccc43)c2=O)cc1. The molecule has 0 bridgehead atoms. The maximum atomic E-state index is 13.6. The number of rotatable bonds is 5. The largest absolute Gasteiger partial charge is 0.497 e. The Labute approximate surface area is 196 Å². The van der Waals surface area contributed by atoms with Crippen LogP contribution in [0.2, 0.25) is 0 Å². The fourth-order valence-corrected chi connectivity index (χ4v) is 4.70. The number of aromatic amines is 1. The number of halogens is 3. The smallest absolute Gasteiger partial charge is 0.416 e. The molecule has 0 unspecified atom stereocenters. The number of nitrogens with zero attached hydrogens (tertiary/aromatic N) is 2. The number of nitrogens with one attached hydrogen (secondary N) is 1. The van der Waals surface area contributed by atoms with Crippen LogP contribution in [0.3, 0.4) is 0 Å². The second-order valence-corrected chi connectivity index (χ2v) is 8.55. The molecule has 0 fully saturated rings. The predicted octanol–water partition coefficient (Wildman–Crippen LogP) is 6.19. The minimum Gasteiger partial charge on any atom is -0.497 e. The van der Waals surface area contributed by atoms with Gasteiger partial charge in [0.1, 0.15) is 16.8 Å². The van der Waals surface area contributed by atoms with Gasteiger partial charge < -0.3 is 9.72 Å². The van der Waals surface area contributed by atoms with Gasteiger partial charge in [0.25, 0.3) is 5.56 Å². The first-order chi connectivity index (χ1) is 16.3. The first-order valence-corrected chi connectivity index (χ1v) is 11.3. The van der Waals surface area contributed by atoms with E-state index in [1.165, 1.54) is 28.5 Å². The molecule has 0 aliphatic heterocycles. The van der Waals surface area contributed by atoms with E-state index in [-0.39, 0.29) is 5.56 Å². The highest BCUT2D eigenvalue weighted by molar-refractivity contribution is 7.98. The number of H-pyrrole nitrogens is 1. The Bertz CT molecular complexity index is 1540. The summed E-state index contributed by atoms with van der Waals surface area (Å²) >= 11 is 1.28. The standard InChI is InChI=1S/C25H18F3N3O2S/c1-33-18-12-10-17(11-13-18)31-23(32)22-21(19-4-2-3-5-20(19)29-22)30-24(31)34-14-15-6-8-16(9-7-15)25(26,27)28/h2-13,29H,14H2,1H3. The molecule has 3 aromatic carbocycles. The van der Waals surface area contributed by atoms with E-state index in [0.717, 1.165) is 23.0 Å². The van der Waals surface area contributed by atoms with Crippen LogP contribution in [-0.4, -0.2) is 21.6 Å². The Hall–Kier alpha value is -3.72. The molecule has 5 nitrogen and oxygen atoms in total. The van der Waals surface area contributed by atoms with E-state index in [0.29, 0.717) is 38.9 Å². The van der Waals surface area contributed by atoms with Crippen molar-refractivity contribution in [2.45, 2.75) is 17.1 Å². The van der Waals surface area contributed by atoms with Gasteiger partial charge in [-0.15, -0.1) is 0 Å². The lowest BCUT2D eigenvalue weighted by Crippen LogP contribution is -2.21. The van der Waals surface area contributed by atoms with Gasteiger partial charge in [0.15, 0.2) is 5.16 Å². The molecule has 2 heterocycles. The average molecular weight is 481 g/mol. The Morgan fingerprint density at radius 2 is 1.71 bits per heavy atom. The van der Waals surface area contributed by atoms with Crippen molar-refractivity contribution in [1.29, 1.82) is 0 Å². The summed E-state index contributed by atoms with van der Waals surface area (Å²) in [6.07, 6.45) is -4.39. The monoisotopic (exact) mass is 481 g/mol.